The summed E-state index contributed by atoms with van der Waals surface area (Å²) in [5, 5.41) is 8.52. The second-order valence-electron chi connectivity index (χ2n) is 8.60. The van der Waals surface area contributed by atoms with Gasteiger partial charge in [0.2, 0.25) is 0 Å². The second kappa shape index (κ2) is 26.4. The molecule has 1 N–H and O–H groups in total. The van der Waals surface area contributed by atoms with E-state index in [4.69, 9.17) is 5.11 Å². The van der Waals surface area contributed by atoms with Crippen LogP contribution in [0.25, 0.3) is 0 Å². The standard InChI is InChI=1S/C18H36O2.C7H17N/c1-2-3-4-5-6-7-8-9-10-11-12-13-14-15-16-17-18(19)20;1-4-5-6-7-8(2)3/h2-17H2,1H3,(H,19,20);4-7H2,1-3H3. The molecule has 0 aromatic carbocycles. The van der Waals surface area contributed by atoms with Gasteiger partial charge in [0.15, 0.2) is 0 Å². The molecule has 0 aliphatic heterocycles. The molecule has 0 rings (SSSR count). The normalized spacial score (nSPS) is 10.8. The SMILES string of the molecule is CCCCCCCCCCCCCCCCCC(=O)O.CCCCCN(C)C. The summed E-state index contributed by atoms with van der Waals surface area (Å²) in [6, 6.07) is 0. The molecule has 0 saturated heterocycles. The lowest BCUT2D eigenvalue weighted by atomic mass is 10.0. The summed E-state index contributed by atoms with van der Waals surface area (Å²) in [5.74, 6) is -0.653. The molecule has 0 bridgehead atoms. The second-order valence-corrected chi connectivity index (χ2v) is 8.60. The van der Waals surface area contributed by atoms with Gasteiger partial charge in [-0.3, -0.25) is 4.79 Å². The van der Waals surface area contributed by atoms with Crippen LogP contribution >= 0.6 is 0 Å². The van der Waals surface area contributed by atoms with Gasteiger partial charge in [0.25, 0.3) is 0 Å². The quantitative estimate of drug-likeness (QED) is 0.210. The van der Waals surface area contributed by atoms with E-state index in [2.05, 4.69) is 32.8 Å². The fraction of sp³-hybridized carbons (Fsp3) is 0.960. The number of unbranched alkanes of at least 4 members (excludes halogenated alkanes) is 16. The van der Waals surface area contributed by atoms with Crippen LogP contribution in [-0.2, 0) is 4.79 Å². The average Bonchev–Trinajstić information content (AvgIpc) is 2.65. The Morgan fingerprint density at radius 3 is 1.21 bits per heavy atom. The maximum atomic E-state index is 10.3. The summed E-state index contributed by atoms with van der Waals surface area (Å²) in [6.45, 7) is 5.75. The predicted molar refractivity (Wildman–Crippen MR) is 125 cm³/mol. The number of hydrogen-bond acceptors (Lipinski definition) is 2. The number of rotatable bonds is 20. The average molecular weight is 400 g/mol. The van der Waals surface area contributed by atoms with Crippen molar-refractivity contribution in [2.24, 2.45) is 0 Å². The number of nitrogens with zero attached hydrogens (tertiary/aromatic N) is 1. The van der Waals surface area contributed by atoms with Crippen molar-refractivity contribution in [3.8, 4) is 0 Å². The highest BCUT2D eigenvalue weighted by Gasteiger charge is 1.97. The van der Waals surface area contributed by atoms with Crippen LogP contribution in [0.3, 0.4) is 0 Å². The molecule has 0 aliphatic rings. The Labute approximate surface area is 177 Å². The van der Waals surface area contributed by atoms with E-state index in [9.17, 15) is 4.79 Å². The Morgan fingerprint density at radius 2 is 0.893 bits per heavy atom. The van der Waals surface area contributed by atoms with E-state index in [1.165, 1.54) is 109 Å². The van der Waals surface area contributed by atoms with Crippen molar-refractivity contribution in [3.63, 3.8) is 0 Å². The fourth-order valence-corrected chi connectivity index (χ4v) is 3.33. The van der Waals surface area contributed by atoms with Gasteiger partial charge in [-0.25, -0.2) is 0 Å². The highest BCUT2D eigenvalue weighted by atomic mass is 16.4. The van der Waals surface area contributed by atoms with Gasteiger partial charge in [-0.15, -0.1) is 0 Å². The maximum Gasteiger partial charge on any atom is 0.303 e. The first-order valence-electron chi connectivity index (χ1n) is 12.4. The molecule has 3 heteroatoms. The highest BCUT2D eigenvalue weighted by Crippen LogP contribution is 2.13. The number of hydrogen-bond donors (Lipinski definition) is 1. The number of carboxylic acids is 1. The van der Waals surface area contributed by atoms with Crippen molar-refractivity contribution >= 4 is 5.97 Å². The molecule has 0 radical (unpaired) electrons. The molecular formula is C25H53NO2. The molecule has 0 saturated carbocycles. The van der Waals surface area contributed by atoms with E-state index < -0.39 is 5.97 Å². The largest absolute Gasteiger partial charge is 0.481 e. The third-order valence-corrected chi connectivity index (χ3v) is 5.20. The van der Waals surface area contributed by atoms with Gasteiger partial charge in [0.05, 0.1) is 0 Å². The van der Waals surface area contributed by atoms with Gasteiger partial charge in [0, 0.05) is 6.42 Å². The summed E-state index contributed by atoms with van der Waals surface area (Å²) in [5.41, 5.74) is 0. The first kappa shape index (κ1) is 29.6. The third-order valence-electron chi connectivity index (χ3n) is 5.20. The van der Waals surface area contributed by atoms with Crippen LogP contribution < -0.4 is 0 Å². The van der Waals surface area contributed by atoms with Gasteiger partial charge in [-0.2, -0.15) is 0 Å². The molecule has 28 heavy (non-hydrogen) atoms. The molecule has 3 nitrogen and oxygen atoms in total. The Kier molecular flexibility index (Phi) is 28.0. The van der Waals surface area contributed by atoms with Crippen molar-refractivity contribution in [1.29, 1.82) is 0 Å². The monoisotopic (exact) mass is 399 g/mol. The zero-order valence-corrected chi connectivity index (χ0v) is 19.9. The molecule has 0 aromatic heterocycles. The number of carboxylic acid groups (broad SMARTS) is 1. The van der Waals surface area contributed by atoms with Crippen LogP contribution in [0.1, 0.15) is 136 Å². The molecule has 0 aliphatic carbocycles. The van der Waals surface area contributed by atoms with E-state index in [-0.39, 0.29) is 0 Å². The number of carbonyl (C=O) groups is 1. The minimum atomic E-state index is -0.653. The molecule has 0 atom stereocenters. The van der Waals surface area contributed by atoms with Crippen LogP contribution in [-0.4, -0.2) is 36.6 Å². The highest BCUT2D eigenvalue weighted by molar-refractivity contribution is 5.66. The molecule has 0 amide bonds. The number of aliphatic carboxylic acids is 1. The van der Waals surface area contributed by atoms with Gasteiger partial charge < -0.3 is 10.0 Å². The smallest absolute Gasteiger partial charge is 0.303 e. The van der Waals surface area contributed by atoms with Crippen molar-refractivity contribution in [2.75, 3.05) is 20.6 Å². The van der Waals surface area contributed by atoms with Crippen LogP contribution in [0.2, 0.25) is 0 Å². The van der Waals surface area contributed by atoms with Gasteiger partial charge in [0.1, 0.15) is 0 Å². The van der Waals surface area contributed by atoms with Gasteiger partial charge in [-0.05, 0) is 33.5 Å². The molecule has 0 unspecified atom stereocenters. The van der Waals surface area contributed by atoms with Crippen LogP contribution in [0.5, 0.6) is 0 Å². The first-order valence-corrected chi connectivity index (χ1v) is 12.4. The van der Waals surface area contributed by atoms with Crippen LogP contribution in [0.15, 0.2) is 0 Å². The minimum Gasteiger partial charge on any atom is -0.481 e. The van der Waals surface area contributed by atoms with E-state index in [1.54, 1.807) is 0 Å². The lowest BCUT2D eigenvalue weighted by Gasteiger charge is -2.06. The van der Waals surface area contributed by atoms with Crippen LogP contribution in [0, 0.1) is 0 Å². The van der Waals surface area contributed by atoms with Crippen molar-refractivity contribution < 1.29 is 9.90 Å². The Balaban J connectivity index is 0. The molecule has 170 valence electrons. The van der Waals surface area contributed by atoms with Gasteiger partial charge >= 0.3 is 5.97 Å². The van der Waals surface area contributed by atoms with E-state index in [0.29, 0.717) is 6.42 Å². The Morgan fingerprint density at radius 1 is 0.571 bits per heavy atom. The topological polar surface area (TPSA) is 40.5 Å². The van der Waals surface area contributed by atoms with E-state index >= 15 is 0 Å². The van der Waals surface area contributed by atoms with E-state index in [0.717, 1.165) is 12.8 Å². The molecule has 0 aromatic rings. The molecule has 0 fully saturated rings. The van der Waals surface area contributed by atoms with Gasteiger partial charge in [-0.1, -0.05) is 117 Å². The summed E-state index contributed by atoms with van der Waals surface area (Å²) in [6.07, 6.45) is 24.3. The lowest BCUT2D eigenvalue weighted by molar-refractivity contribution is -0.137. The third kappa shape index (κ3) is 33.0. The first-order chi connectivity index (χ1) is 13.5. The Bertz CT molecular complexity index is 292. The van der Waals surface area contributed by atoms with Crippen molar-refractivity contribution in [2.45, 2.75) is 136 Å². The Hall–Kier alpha value is -0.570. The lowest BCUT2D eigenvalue weighted by Crippen LogP contribution is -2.12. The molecule has 0 heterocycles. The predicted octanol–water partition coefficient (Wildman–Crippen LogP) is 8.07. The fourth-order valence-electron chi connectivity index (χ4n) is 3.33. The van der Waals surface area contributed by atoms with Crippen molar-refractivity contribution in [1.82, 2.24) is 4.90 Å². The summed E-state index contributed by atoms with van der Waals surface area (Å²) >= 11 is 0. The van der Waals surface area contributed by atoms with E-state index in [1.807, 2.05) is 0 Å². The molecule has 0 spiro atoms. The summed E-state index contributed by atoms with van der Waals surface area (Å²) in [4.78, 5) is 12.6. The maximum absolute atomic E-state index is 10.3. The summed E-state index contributed by atoms with van der Waals surface area (Å²) in [7, 11) is 4.24. The van der Waals surface area contributed by atoms with Crippen LogP contribution in [0.4, 0.5) is 0 Å². The molecular weight excluding hydrogens is 346 g/mol. The summed E-state index contributed by atoms with van der Waals surface area (Å²) < 4.78 is 0. The minimum absolute atomic E-state index is 0.345. The zero-order valence-electron chi connectivity index (χ0n) is 19.9. The zero-order chi connectivity index (χ0) is 21.3. The van der Waals surface area contributed by atoms with Crippen molar-refractivity contribution in [3.05, 3.63) is 0 Å².